The first-order valence-electron chi connectivity index (χ1n) is 7.67. The summed E-state index contributed by atoms with van der Waals surface area (Å²) in [5.74, 6) is 3.63. The molecule has 0 aliphatic carbocycles. The van der Waals surface area contributed by atoms with Crippen molar-refractivity contribution in [2.45, 2.75) is 38.1 Å². The number of halogens is 1. The van der Waals surface area contributed by atoms with Crippen molar-refractivity contribution in [1.82, 2.24) is 24.7 Å². The summed E-state index contributed by atoms with van der Waals surface area (Å²) in [5.41, 5.74) is 5.71. The molecule has 2 N–H and O–H groups in total. The highest BCUT2D eigenvalue weighted by Crippen LogP contribution is 2.31. The van der Waals surface area contributed by atoms with Crippen LogP contribution in [0, 0.1) is 0 Å². The minimum Gasteiger partial charge on any atom is -0.368 e. The summed E-state index contributed by atoms with van der Waals surface area (Å²) in [6.07, 6.45) is 4.44. The molecule has 22 heavy (non-hydrogen) atoms. The average Bonchev–Trinajstić information content (AvgIpc) is 3.09. The molecule has 1 fully saturated rings. The van der Waals surface area contributed by atoms with Crippen LogP contribution in [0.3, 0.4) is 0 Å². The van der Waals surface area contributed by atoms with Crippen molar-refractivity contribution >= 4 is 23.4 Å². The van der Waals surface area contributed by atoms with E-state index in [0.29, 0.717) is 11.1 Å². The van der Waals surface area contributed by atoms with E-state index < -0.39 is 0 Å². The zero-order chi connectivity index (χ0) is 15.1. The Bertz CT molecular complexity index is 678. The summed E-state index contributed by atoms with van der Waals surface area (Å²) in [6, 6.07) is 1.77. The zero-order valence-corrected chi connectivity index (χ0v) is 13.0. The summed E-state index contributed by atoms with van der Waals surface area (Å²) in [6.45, 7) is 2.86. The Morgan fingerprint density at radius 2 is 2.09 bits per heavy atom. The van der Waals surface area contributed by atoms with Gasteiger partial charge in [0.05, 0.1) is 0 Å². The van der Waals surface area contributed by atoms with Gasteiger partial charge >= 0.3 is 0 Å². The van der Waals surface area contributed by atoms with Crippen LogP contribution in [0.25, 0.3) is 0 Å². The predicted octanol–water partition coefficient (Wildman–Crippen LogP) is 1.63. The molecular formula is C14H18ClN7. The topological polar surface area (TPSA) is 85.8 Å². The van der Waals surface area contributed by atoms with Crippen molar-refractivity contribution in [2.24, 2.45) is 0 Å². The number of hydrogen-bond acceptors (Lipinski definition) is 6. The minimum atomic E-state index is 0.216. The summed E-state index contributed by atoms with van der Waals surface area (Å²) < 4.78 is 2.29. The van der Waals surface area contributed by atoms with Crippen molar-refractivity contribution in [3.63, 3.8) is 0 Å². The van der Waals surface area contributed by atoms with Crippen molar-refractivity contribution < 1.29 is 0 Å². The molecule has 2 aliphatic heterocycles. The SMILES string of the molecule is Nc1nc(Cl)cc(N2CCCC(c3nnc4n3CCC4)C2)n1. The molecule has 1 unspecified atom stereocenters. The molecule has 4 rings (SSSR count). The van der Waals surface area contributed by atoms with E-state index >= 15 is 0 Å². The molecule has 4 heterocycles. The van der Waals surface area contributed by atoms with Crippen LogP contribution in [0.5, 0.6) is 0 Å². The Morgan fingerprint density at radius 3 is 2.95 bits per heavy atom. The third-order valence-electron chi connectivity index (χ3n) is 4.45. The second kappa shape index (κ2) is 5.39. The highest BCUT2D eigenvalue weighted by Gasteiger charge is 2.29. The first-order chi connectivity index (χ1) is 10.7. The number of rotatable bonds is 2. The number of anilines is 2. The molecule has 8 heteroatoms. The highest BCUT2D eigenvalue weighted by molar-refractivity contribution is 6.29. The Hall–Kier alpha value is -1.89. The quantitative estimate of drug-likeness (QED) is 0.847. The Labute approximate surface area is 133 Å². The van der Waals surface area contributed by atoms with Crippen LogP contribution in [-0.4, -0.2) is 37.8 Å². The molecule has 116 valence electrons. The number of nitrogens with zero attached hydrogens (tertiary/aromatic N) is 6. The lowest BCUT2D eigenvalue weighted by Crippen LogP contribution is -2.36. The molecule has 1 saturated heterocycles. The van der Waals surface area contributed by atoms with Gasteiger partial charge in [-0.1, -0.05) is 11.6 Å². The van der Waals surface area contributed by atoms with E-state index in [0.717, 1.165) is 56.4 Å². The summed E-state index contributed by atoms with van der Waals surface area (Å²) >= 11 is 6.00. The van der Waals surface area contributed by atoms with Crippen LogP contribution in [0.2, 0.25) is 5.15 Å². The molecule has 1 atom stereocenters. The lowest BCUT2D eigenvalue weighted by atomic mass is 9.97. The van der Waals surface area contributed by atoms with Crippen LogP contribution in [0.15, 0.2) is 6.07 Å². The molecule has 0 saturated carbocycles. The zero-order valence-electron chi connectivity index (χ0n) is 12.2. The van der Waals surface area contributed by atoms with Crippen molar-refractivity contribution in [1.29, 1.82) is 0 Å². The van der Waals surface area contributed by atoms with Crippen LogP contribution >= 0.6 is 11.6 Å². The van der Waals surface area contributed by atoms with Gasteiger partial charge in [-0.15, -0.1) is 10.2 Å². The van der Waals surface area contributed by atoms with E-state index in [1.54, 1.807) is 6.07 Å². The van der Waals surface area contributed by atoms with Gasteiger partial charge in [0.1, 0.15) is 22.6 Å². The van der Waals surface area contributed by atoms with Crippen molar-refractivity contribution in [3.05, 3.63) is 22.9 Å². The fraction of sp³-hybridized carbons (Fsp3) is 0.571. The van der Waals surface area contributed by atoms with Gasteiger partial charge in [0.25, 0.3) is 0 Å². The van der Waals surface area contributed by atoms with Gasteiger partial charge in [-0.2, -0.15) is 4.98 Å². The number of aromatic nitrogens is 5. The van der Waals surface area contributed by atoms with Crippen LogP contribution in [0.4, 0.5) is 11.8 Å². The lowest BCUT2D eigenvalue weighted by molar-refractivity contribution is 0.471. The molecule has 0 aromatic carbocycles. The molecule has 0 radical (unpaired) electrons. The highest BCUT2D eigenvalue weighted by atomic mass is 35.5. The summed E-state index contributed by atoms with van der Waals surface area (Å²) in [5, 5.41) is 9.14. The van der Waals surface area contributed by atoms with Gasteiger partial charge in [0.15, 0.2) is 0 Å². The maximum absolute atomic E-state index is 6.00. The molecular weight excluding hydrogens is 302 g/mol. The van der Waals surface area contributed by atoms with Gasteiger partial charge in [-0.05, 0) is 19.3 Å². The third-order valence-corrected chi connectivity index (χ3v) is 4.64. The van der Waals surface area contributed by atoms with E-state index in [1.165, 1.54) is 6.42 Å². The predicted molar refractivity (Wildman–Crippen MR) is 84.0 cm³/mol. The maximum atomic E-state index is 6.00. The molecule has 2 aliphatic rings. The summed E-state index contributed by atoms with van der Waals surface area (Å²) in [7, 11) is 0. The number of nitrogens with two attached hydrogens (primary N) is 1. The van der Waals surface area contributed by atoms with Gasteiger partial charge in [-0.25, -0.2) is 4.98 Å². The van der Waals surface area contributed by atoms with E-state index in [4.69, 9.17) is 17.3 Å². The standard InChI is InChI=1S/C14H18ClN7/c15-10-7-12(18-14(16)17-10)21-5-1-3-9(8-21)13-20-19-11-4-2-6-22(11)13/h7,9H,1-6,8H2,(H2,16,17,18). The fourth-order valence-corrected chi connectivity index (χ4v) is 3.64. The Morgan fingerprint density at radius 1 is 1.18 bits per heavy atom. The lowest BCUT2D eigenvalue weighted by Gasteiger charge is -2.33. The van der Waals surface area contributed by atoms with Crippen LogP contribution in [0.1, 0.15) is 36.8 Å². The molecule has 2 aromatic heterocycles. The second-order valence-corrected chi connectivity index (χ2v) is 6.31. The van der Waals surface area contributed by atoms with Gasteiger partial charge in [0.2, 0.25) is 5.95 Å². The Balaban J connectivity index is 1.59. The smallest absolute Gasteiger partial charge is 0.223 e. The normalized spacial score (nSPS) is 21.1. The monoisotopic (exact) mass is 319 g/mol. The number of nitrogen functional groups attached to an aromatic ring is 1. The number of fused-ring (bicyclic) bond motifs is 1. The van der Waals surface area contributed by atoms with Gasteiger partial charge < -0.3 is 15.2 Å². The molecule has 0 amide bonds. The van der Waals surface area contributed by atoms with Gasteiger partial charge in [-0.3, -0.25) is 0 Å². The molecule has 2 aromatic rings. The maximum Gasteiger partial charge on any atom is 0.223 e. The van der Waals surface area contributed by atoms with E-state index in [9.17, 15) is 0 Å². The van der Waals surface area contributed by atoms with Crippen LogP contribution in [-0.2, 0) is 13.0 Å². The first-order valence-corrected chi connectivity index (χ1v) is 8.05. The van der Waals surface area contributed by atoms with E-state index in [-0.39, 0.29) is 5.95 Å². The van der Waals surface area contributed by atoms with Crippen molar-refractivity contribution in [3.8, 4) is 0 Å². The summed E-state index contributed by atoms with van der Waals surface area (Å²) in [4.78, 5) is 10.5. The first kappa shape index (κ1) is 13.8. The largest absolute Gasteiger partial charge is 0.368 e. The van der Waals surface area contributed by atoms with E-state index in [1.807, 2.05) is 0 Å². The minimum absolute atomic E-state index is 0.216. The molecule has 0 spiro atoms. The number of aryl methyl sites for hydroxylation is 1. The average molecular weight is 320 g/mol. The van der Waals surface area contributed by atoms with Gasteiger partial charge in [0, 0.05) is 38.0 Å². The molecule has 7 nitrogen and oxygen atoms in total. The second-order valence-electron chi connectivity index (χ2n) is 5.92. The van der Waals surface area contributed by atoms with E-state index in [2.05, 4.69) is 29.6 Å². The fourth-order valence-electron chi connectivity index (χ4n) is 3.46. The molecule has 0 bridgehead atoms. The third kappa shape index (κ3) is 2.39. The Kier molecular flexibility index (Phi) is 3.37. The number of hydrogen-bond donors (Lipinski definition) is 1. The van der Waals surface area contributed by atoms with Crippen molar-refractivity contribution in [2.75, 3.05) is 23.7 Å². The van der Waals surface area contributed by atoms with Crippen LogP contribution < -0.4 is 10.6 Å². The number of piperidine rings is 1.